The van der Waals surface area contributed by atoms with Gasteiger partial charge in [-0.15, -0.1) is 11.3 Å². The van der Waals surface area contributed by atoms with E-state index in [4.69, 9.17) is 10.5 Å². The minimum Gasteiger partial charge on any atom is -0.494 e. The summed E-state index contributed by atoms with van der Waals surface area (Å²) in [6.07, 6.45) is 0. The van der Waals surface area contributed by atoms with Gasteiger partial charge in [0.05, 0.1) is 7.11 Å². The largest absolute Gasteiger partial charge is 0.494 e. The van der Waals surface area contributed by atoms with Crippen LogP contribution in [-0.2, 0) is 6.54 Å². The lowest BCUT2D eigenvalue weighted by molar-refractivity contribution is 0.386. The van der Waals surface area contributed by atoms with Gasteiger partial charge in [0.15, 0.2) is 11.6 Å². The summed E-state index contributed by atoms with van der Waals surface area (Å²) in [5.74, 6) is -0.0950. The number of hydrogen-bond acceptors (Lipinski definition) is 3. The number of ether oxygens (including phenoxy) is 1. The average Bonchev–Trinajstić information content (AvgIpc) is 2.77. The molecule has 0 saturated carbocycles. The van der Waals surface area contributed by atoms with Gasteiger partial charge in [-0.3, -0.25) is 0 Å². The highest BCUT2D eigenvalue weighted by Crippen LogP contribution is 2.30. The van der Waals surface area contributed by atoms with Crippen LogP contribution < -0.4 is 10.5 Å². The maximum Gasteiger partial charge on any atom is 0.165 e. The van der Waals surface area contributed by atoms with E-state index in [1.807, 2.05) is 17.5 Å². The molecular weight excluding hydrogens is 225 g/mol. The molecule has 0 bridgehead atoms. The van der Waals surface area contributed by atoms with E-state index < -0.39 is 0 Å². The Kier molecular flexibility index (Phi) is 3.22. The molecule has 2 N–H and O–H groups in total. The van der Waals surface area contributed by atoms with Crippen molar-refractivity contribution in [3.05, 3.63) is 40.3 Å². The smallest absolute Gasteiger partial charge is 0.165 e. The van der Waals surface area contributed by atoms with Gasteiger partial charge in [-0.25, -0.2) is 4.39 Å². The van der Waals surface area contributed by atoms with E-state index in [1.54, 1.807) is 17.4 Å². The average molecular weight is 237 g/mol. The molecule has 16 heavy (non-hydrogen) atoms. The lowest BCUT2D eigenvalue weighted by atomic mass is 10.1. The van der Waals surface area contributed by atoms with Gasteiger partial charge in [-0.1, -0.05) is 6.07 Å². The van der Waals surface area contributed by atoms with E-state index in [0.717, 1.165) is 16.0 Å². The van der Waals surface area contributed by atoms with E-state index in [9.17, 15) is 4.39 Å². The van der Waals surface area contributed by atoms with Crippen molar-refractivity contribution in [3.8, 4) is 16.9 Å². The van der Waals surface area contributed by atoms with E-state index in [-0.39, 0.29) is 11.6 Å². The van der Waals surface area contributed by atoms with Crippen molar-refractivity contribution < 1.29 is 9.13 Å². The lowest BCUT2D eigenvalue weighted by Gasteiger charge is -2.05. The van der Waals surface area contributed by atoms with Crippen LogP contribution in [0.1, 0.15) is 4.88 Å². The van der Waals surface area contributed by atoms with Gasteiger partial charge >= 0.3 is 0 Å². The second kappa shape index (κ2) is 4.63. The fraction of sp³-hybridized carbons (Fsp3) is 0.167. The molecule has 1 aromatic heterocycles. The van der Waals surface area contributed by atoms with E-state index >= 15 is 0 Å². The Bertz CT molecular complexity index is 496. The summed E-state index contributed by atoms with van der Waals surface area (Å²) in [4.78, 5) is 1.06. The minimum absolute atomic E-state index is 0.258. The molecule has 0 saturated heterocycles. The maximum atomic E-state index is 13.5. The quantitative estimate of drug-likeness (QED) is 0.890. The van der Waals surface area contributed by atoms with Crippen LogP contribution in [0.25, 0.3) is 11.1 Å². The molecule has 2 rings (SSSR count). The Hall–Kier alpha value is -1.39. The Morgan fingerprint density at radius 2 is 2.19 bits per heavy atom. The van der Waals surface area contributed by atoms with Crippen LogP contribution in [0.5, 0.6) is 5.75 Å². The summed E-state index contributed by atoms with van der Waals surface area (Å²) in [6, 6.07) is 6.89. The molecule has 4 heteroatoms. The molecule has 0 unspecified atom stereocenters. The monoisotopic (exact) mass is 237 g/mol. The molecule has 1 aromatic carbocycles. The van der Waals surface area contributed by atoms with Crippen molar-refractivity contribution in [1.29, 1.82) is 0 Å². The van der Waals surface area contributed by atoms with Crippen molar-refractivity contribution in [2.75, 3.05) is 7.11 Å². The van der Waals surface area contributed by atoms with Crippen molar-refractivity contribution in [1.82, 2.24) is 0 Å². The summed E-state index contributed by atoms with van der Waals surface area (Å²) < 4.78 is 18.4. The summed E-state index contributed by atoms with van der Waals surface area (Å²) in [5, 5.41) is 1.96. The first-order valence-electron chi connectivity index (χ1n) is 4.86. The summed E-state index contributed by atoms with van der Waals surface area (Å²) in [5.41, 5.74) is 7.45. The molecule has 0 radical (unpaired) electrons. The fourth-order valence-electron chi connectivity index (χ4n) is 1.59. The van der Waals surface area contributed by atoms with Crippen molar-refractivity contribution in [2.24, 2.45) is 5.73 Å². The Morgan fingerprint density at radius 1 is 1.38 bits per heavy atom. The minimum atomic E-state index is -0.353. The van der Waals surface area contributed by atoms with Gasteiger partial charge in [-0.2, -0.15) is 0 Å². The summed E-state index contributed by atoms with van der Waals surface area (Å²) in [7, 11) is 1.45. The summed E-state index contributed by atoms with van der Waals surface area (Å²) in [6.45, 7) is 0.473. The highest BCUT2D eigenvalue weighted by atomic mass is 32.1. The SMILES string of the molecule is COc1ccc(-c2ccsc2CN)cc1F. The van der Waals surface area contributed by atoms with E-state index in [2.05, 4.69) is 0 Å². The molecule has 2 nitrogen and oxygen atoms in total. The number of methoxy groups -OCH3 is 1. The van der Waals surface area contributed by atoms with Crippen LogP contribution in [0.3, 0.4) is 0 Å². The third-order valence-corrected chi connectivity index (χ3v) is 3.34. The van der Waals surface area contributed by atoms with Gasteiger partial charge in [-0.05, 0) is 34.7 Å². The standard InChI is InChI=1S/C12H12FNOS/c1-15-11-3-2-8(6-10(11)13)9-4-5-16-12(9)7-14/h2-6H,7,14H2,1H3. The molecule has 84 valence electrons. The molecule has 0 aliphatic carbocycles. The zero-order valence-corrected chi connectivity index (χ0v) is 9.68. The molecule has 0 atom stereocenters. The second-order valence-corrected chi connectivity index (χ2v) is 4.31. The predicted molar refractivity (Wildman–Crippen MR) is 64.2 cm³/mol. The topological polar surface area (TPSA) is 35.2 Å². The molecular formula is C12H12FNOS. The molecule has 0 aliphatic rings. The first-order chi connectivity index (χ1) is 7.76. The van der Waals surface area contributed by atoms with Gasteiger partial charge in [0.25, 0.3) is 0 Å². The fourth-order valence-corrected chi connectivity index (χ4v) is 2.37. The molecule has 2 aromatic rings. The molecule has 1 heterocycles. The van der Waals surface area contributed by atoms with Crippen LogP contribution in [0.2, 0.25) is 0 Å². The number of benzene rings is 1. The Morgan fingerprint density at radius 3 is 2.81 bits per heavy atom. The number of rotatable bonds is 3. The van der Waals surface area contributed by atoms with Gasteiger partial charge in [0.1, 0.15) is 0 Å². The number of nitrogens with two attached hydrogens (primary N) is 1. The number of halogens is 1. The molecule has 0 aliphatic heterocycles. The summed E-state index contributed by atoms with van der Waals surface area (Å²) >= 11 is 1.58. The van der Waals surface area contributed by atoms with Crippen molar-refractivity contribution >= 4 is 11.3 Å². The van der Waals surface area contributed by atoms with Crippen molar-refractivity contribution in [2.45, 2.75) is 6.54 Å². The molecule has 0 spiro atoms. The predicted octanol–water partition coefficient (Wildman–Crippen LogP) is 3.02. The van der Waals surface area contributed by atoms with Crippen LogP contribution in [0, 0.1) is 5.82 Å². The van der Waals surface area contributed by atoms with Gasteiger partial charge in [0.2, 0.25) is 0 Å². The zero-order valence-electron chi connectivity index (χ0n) is 8.87. The molecule has 0 amide bonds. The normalized spacial score (nSPS) is 10.4. The van der Waals surface area contributed by atoms with Gasteiger partial charge in [0, 0.05) is 11.4 Å². The van der Waals surface area contributed by atoms with Gasteiger partial charge < -0.3 is 10.5 Å². The second-order valence-electron chi connectivity index (χ2n) is 3.31. The number of thiophene rings is 1. The van der Waals surface area contributed by atoms with Crippen LogP contribution >= 0.6 is 11.3 Å². The first kappa shape index (κ1) is 11.1. The first-order valence-corrected chi connectivity index (χ1v) is 5.74. The van der Waals surface area contributed by atoms with Crippen LogP contribution in [0.15, 0.2) is 29.6 Å². The number of hydrogen-bond donors (Lipinski definition) is 1. The van der Waals surface area contributed by atoms with E-state index in [1.165, 1.54) is 13.2 Å². The van der Waals surface area contributed by atoms with Crippen LogP contribution in [-0.4, -0.2) is 7.11 Å². The van der Waals surface area contributed by atoms with E-state index in [0.29, 0.717) is 6.54 Å². The highest BCUT2D eigenvalue weighted by molar-refractivity contribution is 7.10. The zero-order chi connectivity index (χ0) is 11.5. The van der Waals surface area contributed by atoms with Crippen molar-refractivity contribution in [3.63, 3.8) is 0 Å². The Labute approximate surface area is 97.5 Å². The highest BCUT2D eigenvalue weighted by Gasteiger charge is 2.08. The van der Waals surface area contributed by atoms with Crippen LogP contribution in [0.4, 0.5) is 4.39 Å². The third-order valence-electron chi connectivity index (χ3n) is 2.39. The third kappa shape index (κ3) is 1.94. The Balaban J connectivity index is 2.45. The molecule has 0 fully saturated rings. The maximum absolute atomic E-state index is 13.5. The lowest BCUT2D eigenvalue weighted by Crippen LogP contribution is -1.95.